The highest BCUT2D eigenvalue weighted by Crippen LogP contribution is 2.46. The van der Waals surface area contributed by atoms with Crippen LogP contribution in [0.4, 0.5) is 0 Å². The number of nitrogens with zero attached hydrogens (tertiary/aromatic N) is 1. The van der Waals surface area contributed by atoms with Gasteiger partial charge in [0.1, 0.15) is 11.5 Å². The first-order chi connectivity index (χ1) is 14.2. The summed E-state index contributed by atoms with van der Waals surface area (Å²) in [6, 6.07) is 5.46. The largest absolute Gasteiger partial charge is 0.454 e. The Labute approximate surface area is 172 Å². The van der Waals surface area contributed by atoms with Gasteiger partial charge in [0.15, 0.2) is 22.3 Å². The van der Waals surface area contributed by atoms with Gasteiger partial charge in [-0.1, -0.05) is 29.8 Å². The minimum absolute atomic E-state index is 0.210. The number of hydrogen-bond donors (Lipinski definition) is 2. The molecule has 0 atom stereocenters. The number of carbonyl (C=O) groups is 1. The summed E-state index contributed by atoms with van der Waals surface area (Å²) in [7, 11) is 0. The number of rotatable bonds is 6. The molecule has 4 N–H and O–H groups in total. The fraction of sp³-hybridized carbons (Fsp3) is 0.333. The van der Waals surface area contributed by atoms with Crippen LogP contribution in [0.15, 0.2) is 28.9 Å². The smallest absolute Gasteiger partial charge is 0.259 e. The third-order valence-electron chi connectivity index (χ3n) is 5.44. The zero-order valence-electron chi connectivity index (χ0n) is 16.1. The lowest BCUT2D eigenvalue weighted by Crippen LogP contribution is -2.73. The first-order valence-corrected chi connectivity index (χ1v) is 10.6. The van der Waals surface area contributed by atoms with Crippen molar-refractivity contribution in [1.29, 1.82) is 0 Å². The molecule has 2 aromatic rings. The molecule has 0 saturated carbocycles. The second-order valence-electron chi connectivity index (χ2n) is 7.25. The van der Waals surface area contributed by atoms with E-state index in [4.69, 9.17) is 19.9 Å². The van der Waals surface area contributed by atoms with Gasteiger partial charge in [0.25, 0.3) is 5.91 Å². The number of allylic oxidation sites excluding steroid dienone is 1. The van der Waals surface area contributed by atoms with Crippen LogP contribution in [0.2, 0.25) is 0 Å². The van der Waals surface area contributed by atoms with Crippen LogP contribution in [0.5, 0.6) is 22.3 Å². The summed E-state index contributed by atoms with van der Waals surface area (Å²) >= 11 is 1.31. The van der Waals surface area contributed by atoms with Crippen LogP contribution in [0.25, 0.3) is 5.70 Å². The molecule has 2 aliphatic heterocycles. The molecule has 0 spiro atoms. The van der Waals surface area contributed by atoms with Crippen LogP contribution >= 0.6 is 11.3 Å². The number of hydrogen-bond acceptors (Lipinski definition) is 6. The fourth-order valence-corrected chi connectivity index (χ4v) is 5.12. The fourth-order valence-electron chi connectivity index (χ4n) is 4.03. The number of nitrogens with two attached hydrogens (primary N) is 2. The molecule has 0 bridgehead atoms. The molecule has 29 heavy (non-hydrogen) atoms. The van der Waals surface area contributed by atoms with E-state index in [1.54, 1.807) is 6.07 Å². The molecule has 1 aromatic carbocycles. The Balaban J connectivity index is 1.54. The highest BCUT2D eigenvalue weighted by molar-refractivity contribution is 7.16. The lowest BCUT2D eigenvalue weighted by Gasteiger charge is -2.15. The van der Waals surface area contributed by atoms with E-state index in [0.717, 1.165) is 54.6 Å². The average Bonchev–Trinajstić information content (AvgIpc) is 3.42. The number of carbonyl (C=O) groups excluding carboxylic acids is 1. The molecule has 0 unspecified atom stereocenters. The predicted molar refractivity (Wildman–Crippen MR) is 110 cm³/mol. The lowest BCUT2D eigenvalue weighted by molar-refractivity contribution is -0.566. The van der Waals surface area contributed by atoms with Gasteiger partial charge < -0.3 is 19.9 Å². The van der Waals surface area contributed by atoms with Crippen molar-refractivity contribution in [3.63, 3.8) is 0 Å². The summed E-state index contributed by atoms with van der Waals surface area (Å²) in [5.41, 5.74) is 13.0. The van der Waals surface area contributed by atoms with Gasteiger partial charge in [0.2, 0.25) is 6.79 Å². The third kappa shape index (κ3) is 3.08. The van der Waals surface area contributed by atoms with Crippen molar-refractivity contribution in [2.45, 2.75) is 39.0 Å². The maximum atomic E-state index is 12.1. The summed E-state index contributed by atoms with van der Waals surface area (Å²) in [6.45, 7) is 2.39. The summed E-state index contributed by atoms with van der Waals surface area (Å²) in [4.78, 5) is 12.6. The van der Waals surface area contributed by atoms with Gasteiger partial charge in [-0.25, -0.2) is 0 Å². The Morgan fingerprint density at radius 2 is 2.17 bits per heavy atom. The van der Waals surface area contributed by atoms with E-state index in [-0.39, 0.29) is 6.79 Å². The standard InChI is InChI=1S/C21H21N3O4S/c1-2-3-4-14-12-6-7-13-17(18(12)24-23-14)21(29-19(13)20(22)25)28-11-5-8-15-16(9-11)27-10-26-15/h5,8-9H,2-4,6-7,10H2,1H3,(H2,22,25)(H,23,24)/p+1. The Hall–Kier alpha value is -2.84. The van der Waals surface area contributed by atoms with Crippen molar-refractivity contribution in [3.05, 3.63) is 39.8 Å². The molecule has 150 valence electrons. The quantitative estimate of drug-likeness (QED) is 0.712. The normalized spacial score (nSPS) is 16.5. The summed E-state index contributed by atoms with van der Waals surface area (Å²) in [5, 5.41) is 5.35. The molecule has 1 aliphatic carbocycles. The second kappa shape index (κ2) is 7.20. The van der Waals surface area contributed by atoms with Gasteiger partial charge in [0.05, 0.1) is 10.4 Å². The second-order valence-corrected chi connectivity index (χ2v) is 8.24. The van der Waals surface area contributed by atoms with Crippen LogP contribution in [0.3, 0.4) is 0 Å². The summed E-state index contributed by atoms with van der Waals surface area (Å²) in [6.07, 6.45) is 4.88. The zero-order valence-corrected chi connectivity index (χ0v) is 16.9. The molecule has 0 radical (unpaired) electrons. The van der Waals surface area contributed by atoms with Crippen molar-refractivity contribution >= 4 is 28.7 Å². The first-order valence-electron chi connectivity index (χ1n) is 9.82. The Morgan fingerprint density at radius 3 is 3.00 bits per heavy atom. The van der Waals surface area contributed by atoms with E-state index in [9.17, 15) is 4.79 Å². The van der Waals surface area contributed by atoms with Crippen LogP contribution in [-0.4, -0.2) is 18.4 Å². The molecule has 5 rings (SSSR count). The number of fused-ring (bicyclic) bond motifs is 3. The highest BCUT2D eigenvalue weighted by atomic mass is 32.1. The van der Waals surface area contributed by atoms with Gasteiger partial charge >= 0.3 is 0 Å². The van der Waals surface area contributed by atoms with E-state index >= 15 is 0 Å². The molecule has 3 aliphatic rings. The SMILES string of the molecule is CCCCC1=N[NH2+]C2=C1CCc1c(C(N)=O)sc(Oc3ccc4c(c3)OCO4)c12. The molecular weight excluding hydrogens is 390 g/mol. The molecule has 7 nitrogen and oxygen atoms in total. The van der Waals surface area contributed by atoms with Crippen molar-refractivity contribution in [1.82, 2.24) is 0 Å². The molecule has 1 aromatic heterocycles. The van der Waals surface area contributed by atoms with Crippen LogP contribution in [-0.2, 0) is 6.42 Å². The Kier molecular flexibility index (Phi) is 4.52. The zero-order chi connectivity index (χ0) is 20.0. The van der Waals surface area contributed by atoms with Crippen LogP contribution < -0.4 is 25.4 Å². The van der Waals surface area contributed by atoms with Crippen LogP contribution in [0.1, 0.15) is 53.4 Å². The molecular formula is C21H22N3O4S+. The molecule has 1 amide bonds. The van der Waals surface area contributed by atoms with Gasteiger partial charge in [-0.05, 0) is 43.4 Å². The van der Waals surface area contributed by atoms with E-state index in [1.807, 2.05) is 17.6 Å². The minimum Gasteiger partial charge on any atom is -0.454 e. The number of primary amides is 1. The van der Waals surface area contributed by atoms with Crippen molar-refractivity contribution in [3.8, 4) is 22.3 Å². The predicted octanol–water partition coefficient (Wildman–Crippen LogP) is 3.15. The van der Waals surface area contributed by atoms with E-state index in [2.05, 4.69) is 12.0 Å². The van der Waals surface area contributed by atoms with Gasteiger partial charge in [-0.3, -0.25) is 4.79 Å². The minimum atomic E-state index is -0.416. The number of quaternary nitrogens is 1. The van der Waals surface area contributed by atoms with Crippen molar-refractivity contribution < 1.29 is 24.4 Å². The van der Waals surface area contributed by atoms with E-state index in [1.165, 1.54) is 16.9 Å². The number of amides is 1. The molecule has 3 heterocycles. The monoisotopic (exact) mass is 412 g/mol. The van der Waals surface area contributed by atoms with Gasteiger partial charge in [0, 0.05) is 11.6 Å². The average molecular weight is 412 g/mol. The van der Waals surface area contributed by atoms with Gasteiger partial charge in [-0.15, -0.1) is 0 Å². The maximum Gasteiger partial charge on any atom is 0.259 e. The highest BCUT2D eigenvalue weighted by Gasteiger charge is 2.37. The Bertz CT molecular complexity index is 1070. The van der Waals surface area contributed by atoms with E-state index < -0.39 is 5.91 Å². The van der Waals surface area contributed by atoms with E-state index in [0.29, 0.717) is 27.2 Å². The third-order valence-corrected chi connectivity index (χ3v) is 6.56. The number of thiophene rings is 1. The van der Waals surface area contributed by atoms with Crippen molar-refractivity contribution in [2.24, 2.45) is 10.8 Å². The molecule has 0 fully saturated rings. The molecule has 8 heteroatoms. The maximum absolute atomic E-state index is 12.1. The van der Waals surface area contributed by atoms with Crippen molar-refractivity contribution in [2.75, 3.05) is 6.79 Å². The van der Waals surface area contributed by atoms with Crippen LogP contribution in [0, 0.1) is 0 Å². The molecule has 0 saturated heterocycles. The summed E-state index contributed by atoms with van der Waals surface area (Å²) < 4.78 is 17.0. The Morgan fingerprint density at radius 1 is 1.31 bits per heavy atom. The number of unbranched alkanes of at least 4 members (excludes halogenated alkanes) is 1. The lowest BCUT2D eigenvalue weighted by atomic mass is 9.88. The number of benzene rings is 1. The van der Waals surface area contributed by atoms with Gasteiger partial charge in [-0.2, -0.15) is 5.43 Å². The summed E-state index contributed by atoms with van der Waals surface area (Å²) in [5.74, 6) is 1.57. The number of ether oxygens (including phenoxy) is 3. The first kappa shape index (κ1) is 18.2. The topological polar surface area (TPSA) is 99.8 Å².